The molecule has 0 saturated carbocycles. The monoisotopic (exact) mass is 429 g/mol. The molecule has 0 aliphatic carbocycles. The lowest BCUT2D eigenvalue weighted by atomic mass is 9.99. The highest BCUT2D eigenvalue weighted by molar-refractivity contribution is 7.99. The minimum Gasteiger partial charge on any atom is -0.345 e. The van der Waals surface area contributed by atoms with Crippen LogP contribution < -0.4 is 5.56 Å². The number of benzene rings is 1. The second kappa shape index (κ2) is 9.59. The van der Waals surface area contributed by atoms with Gasteiger partial charge in [0.05, 0.1) is 11.1 Å². The summed E-state index contributed by atoms with van der Waals surface area (Å²) in [5.74, 6) is 0.781. The van der Waals surface area contributed by atoms with Gasteiger partial charge in [-0.15, -0.1) is 11.3 Å². The first-order valence-corrected chi connectivity index (χ1v) is 11.8. The summed E-state index contributed by atoms with van der Waals surface area (Å²) in [6.07, 6.45) is 2.04. The molecule has 0 unspecified atom stereocenters. The zero-order valence-corrected chi connectivity index (χ0v) is 19.0. The molecule has 7 heteroatoms. The molecule has 0 atom stereocenters. The van der Waals surface area contributed by atoms with Crippen LogP contribution in [0.4, 0.5) is 0 Å². The van der Waals surface area contributed by atoms with Crippen molar-refractivity contribution in [2.45, 2.75) is 44.7 Å². The number of aromatic amines is 1. The van der Waals surface area contributed by atoms with E-state index in [2.05, 4.69) is 55.0 Å². The summed E-state index contributed by atoms with van der Waals surface area (Å²) in [4.78, 5) is 34.8. The molecule has 0 saturated heterocycles. The number of hydrogen-bond acceptors (Lipinski definition) is 5. The van der Waals surface area contributed by atoms with E-state index in [1.807, 2.05) is 12.4 Å². The first kappa shape index (κ1) is 21.6. The number of nitrogens with zero attached hydrogens (tertiary/aromatic N) is 2. The minimum atomic E-state index is -0.159. The average molecular weight is 430 g/mol. The summed E-state index contributed by atoms with van der Waals surface area (Å²) in [6.45, 7) is 7.18. The normalized spacial score (nSPS) is 11.3. The molecule has 3 aromatic rings. The summed E-state index contributed by atoms with van der Waals surface area (Å²) in [7, 11) is 1.81. The molecule has 0 aliphatic rings. The molecule has 2 heterocycles. The number of rotatable bonds is 8. The van der Waals surface area contributed by atoms with Crippen molar-refractivity contribution in [3.05, 3.63) is 45.6 Å². The van der Waals surface area contributed by atoms with E-state index in [-0.39, 0.29) is 17.2 Å². The number of fused-ring (bicyclic) bond motifs is 1. The van der Waals surface area contributed by atoms with Crippen molar-refractivity contribution >= 4 is 39.2 Å². The number of aromatic nitrogens is 2. The Kier molecular flexibility index (Phi) is 7.14. The number of carbonyl (C=O) groups excluding carboxylic acids is 1. The fraction of sp³-hybridized carbons (Fsp3) is 0.409. The van der Waals surface area contributed by atoms with Crippen molar-refractivity contribution in [1.82, 2.24) is 14.9 Å². The van der Waals surface area contributed by atoms with Gasteiger partial charge >= 0.3 is 0 Å². The molecule has 1 amide bonds. The number of thiophene rings is 1. The molecule has 5 nitrogen and oxygen atoms in total. The maximum atomic E-state index is 12.8. The van der Waals surface area contributed by atoms with Crippen LogP contribution in [0, 0.1) is 0 Å². The highest BCUT2D eigenvalue weighted by Gasteiger charge is 2.15. The standard InChI is InChI=1S/C22H27N3O2S2/c1-5-6-11-25(4)18(26)13-29-22-23-20(27)19-17(12-28-21(19)24-22)16-9-7-15(8-10-16)14(2)3/h7-10,12,14H,5-6,11,13H2,1-4H3,(H,23,24,27). The van der Waals surface area contributed by atoms with Crippen molar-refractivity contribution in [3.63, 3.8) is 0 Å². The van der Waals surface area contributed by atoms with Crippen LogP contribution in [0.3, 0.4) is 0 Å². The van der Waals surface area contributed by atoms with Crippen LogP contribution in [-0.4, -0.2) is 40.1 Å². The lowest BCUT2D eigenvalue weighted by Gasteiger charge is -2.16. The van der Waals surface area contributed by atoms with E-state index in [1.54, 1.807) is 4.90 Å². The van der Waals surface area contributed by atoms with Gasteiger partial charge in [-0.05, 0) is 23.5 Å². The summed E-state index contributed by atoms with van der Waals surface area (Å²) in [5, 5.41) is 3.08. The highest BCUT2D eigenvalue weighted by atomic mass is 32.2. The van der Waals surface area contributed by atoms with E-state index in [1.165, 1.54) is 28.7 Å². The SMILES string of the molecule is CCCCN(C)C(=O)CSc1nc2scc(-c3ccc(C(C)C)cc3)c2c(=O)[nH]1. The minimum absolute atomic E-state index is 0.0447. The predicted octanol–water partition coefficient (Wildman–Crippen LogP) is 5.13. The first-order chi connectivity index (χ1) is 13.9. The molecule has 0 aliphatic heterocycles. The number of carbonyl (C=O) groups is 1. The van der Waals surface area contributed by atoms with Crippen LogP contribution in [0.25, 0.3) is 21.3 Å². The van der Waals surface area contributed by atoms with Crippen molar-refractivity contribution < 1.29 is 4.79 Å². The van der Waals surface area contributed by atoms with Gasteiger partial charge in [0, 0.05) is 24.5 Å². The fourth-order valence-corrected chi connectivity index (χ4v) is 4.82. The number of thioether (sulfide) groups is 1. The second-order valence-corrected chi connectivity index (χ2v) is 9.26. The molecule has 3 rings (SSSR count). The largest absolute Gasteiger partial charge is 0.345 e. The number of H-pyrrole nitrogens is 1. The second-order valence-electron chi connectivity index (χ2n) is 7.43. The Balaban J connectivity index is 1.79. The van der Waals surface area contributed by atoms with E-state index in [0.717, 1.165) is 30.5 Å². The summed E-state index contributed by atoms with van der Waals surface area (Å²) < 4.78 is 0. The fourth-order valence-electron chi connectivity index (χ4n) is 3.02. The maximum Gasteiger partial charge on any atom is 0.260 e. The van der Waals surface area contributed by atoms with Crippen LogP contribution in [0.1, 0.15) is 45.1 Å². The topological polar surface area (TPSA) is 66.1 Å². The Morgan fingerprint density at radius 3 is 2.66 bits per heavy atom. The zero-order valence-electron chi connectivity index (χ0n) is 17.3. The first-order valence-electron chi connectivity index (χ1n) is 9.89. The number of nitrogens with one attached hydrogen (secondary N) is 1. The van der Waals surface area contributed by atoms with Crippen LogP contribution in [0.5, 0.6) is 0 Å². The van der Waals surface area contributed by atoms with E-state index in [0.29, 0.717) is 21.3 Å². The Morgan fingerprint density at radius 1 is 1.28 bits per heavy atom. The molecule has 1 N–H and O–H groups in total. The molecule has 2 aromatic heterocycles. The molecular formula is C22H27N3O2S2. The van der Waals surface area contributed by atoms with Gasteiger partial charge in [0.15, 0.2) is 5.16 Å². The third kappa shape index (κ3) is 5.08. The Bertz CT molecular complexity index is 1040. The third-order valence-electron chi connectivity index (χ3n) is 4.92. The van der Waals surface area contributed by atoms with Gasteiger partial charge < -0.3 is 9.88 Å². The summed E-state index contributed by atoms with van der Waals surface area (Å²) >= 11 is 2.74. The zero-order chi connectivity index (χ0) is 21.0. The Hall–Kier alpha value is -2.12. The number of hydrogen-bond donors (Lipinski definition) is 1. The van der Waals surface area contributed by atoms with Crippen LogP contribution in [0.15, 0.2) is 39.6 Å². The molecule has 154 valence electrons. The van der Waals surface area contributed by atoms with Crippen molar-refractivity contribution in [2.75, 3.05) is 19.3 Å². The van der Waals surface area contributed by atoms with Gasteiger partial charge in [-0.3, -0.25) is 9.59 Å². The number of unbranched alkanes of at least 4 members (excludes halogenated alkanes) is 1. The molecule has 0 fully saturated rings. The smallest absolute Gasteiger partial charge is 0.260 e. The van der Waals surface area contributed by atoms with E-state index >= 15 is 0 Å². The summed E-state index contributed by atoms with van der Waals surface area (Å²) in [6, 6.07) is 8.33. The van der Waals surface area contributed by atoms with Gasteiger partial charge in [-0.2, -0.15) is 0 Å². The van der Waals surface area contributed by atoms with Crippen molar-refractivity contribution in [2.24, 2.45) is 0 Å². The Morgan fingerprint density at radius 2 is 2.00 bits per heavy atom. The highest BCUT2D eigenvalue weighted by Crippen LogP contribution is 2.32. The molecule has 29 heavy (non-hydrogen) atoms. The summed E-state index contributed by atoms with van der Waals surface area (Å²) in [5.41, 5.74) is 3.03. The van der Waals surface area contributed by atoms with E-state index in [9.17, 15) is 9.59 Å². The van der Waals surface area contributed by atoms with Gasteiger partial charge in [0.1, 0.15) is 4.83 Å². The maximum absolute atomic E-state index is 12.8. The predicted molar refractivity (Wildman–Crippen MR) is 123 cm³/mol. The van der Waals surface area contributed by atoms with E-state index < -0.39 is 0 Å². The van der Waals surface area contributed by atoms with Crippen LogP contribution >= 0.6 is 23.1 Å². The van der Waals surface area contributed by atoms with Gasteiger partial charge in [-0.25, -0.2) is 4.98 Å². The van der Waals surface area contributed by atoms with Gasteiger partial charge in [0.2, 0.25) is 5.91 Å². The van der Waals surface area contributed by atoms with E-state index in [4.69, 9.17) is 0 Å². The molecular weight excluding hydrogens is 402 g/mol. The molecule has 0 bridgehead atoms. The lowest BCUT2D eigenvalue weighted by molar-refractivity contribution is -0.127. The van der Waals surface area contributed by atoms with Crippen LogP contribution in [0.2, 0.25) is 0 Å². The van der Waals surface area contributed by atoms with Crippen LogP contribution in [-0.2, 0) is 4.79 Å². The van der Waals surface area contributed by atoms with Gasteiger partial charge in [0.25, 0.3) is 5.56 Å². The molecule has 0 radical (unpaired) electrons. The van der Waals surface area contributed by atoms with Crippen molar-refractivity contribution in [3.8, 4) is 11.1 Å². The molecule has 0 spiro atoms. The Labute approximate surface area is 179 Å². The van der Waals surface area contributed by atoms with Crippen molar-refractivity contribution in [1.29, 1.82) is 0 Å². The third-order valence-corrected chi connectivity index (χ3v) is 6.65. The average Bonchev–Trinajstić information content (AvgIpc) is 3.14. The molecule has 1 aromatic carbocycles. The lowest BCUT2D eigenvalue weighted by Crippen LogP contribution is -2.29. The number of amides is 1. The quantitative estimate of drug-likeness (QED) is 0.398. The van der Waals surface area contributed by atoms with Gasteiger partial charge in [-0.1, -0.05) is 63.2 Å².